The average molecular weight is 1390 g/mol. The van der Waals surface area contributed by atoms with Crippen molar-refractivity contribution in [2.75, 3.05) is 63.9 Å². The van der Waals surface area contributed by atoms with E-state index in [1.165, 1.54) is 36.1 Å². The Bertz CT molecular complexity index is 3520. The summed E-state index contributed by atoms with van der Waals surface area (Å²) < 4.78 is 6.06. The predicted molar refractivity (Wildman–Crippen MR) is 366 cm³/mol. The van der Waals surface area contributed by atoms with E-state index in [1.54, 1.807) is 65.8 Å². The van der Waals surface area contributed by atoms with Gasteiger partial charge >= 0.3 is 12.1 Å². The van der Waals surface area contributed by atoms with Gasteiger partial charge < -0.3 is 73.4 Å². The minimum absolute atomic E-state index is 0.0483. The van der Waals surface area contributed by atoms with Crippen molar-refractivity contribution in [3.63, 3.8) is 0 Å². The molecule has 4 aromatic rings. The molecule has 0 spiro atoms. The lowest BCUT2D eigenvalue weighted by Gasteiger charge is -2.30. The number of aliphatic hydroxyl groups excluding tert-OH is 1. The quantitative estimate of drug-likeness (QED) is 0.0173. The van der Waals surface area contributed by atoms with Crippen LogP contribution in [0.4, 0.5) is 27.5 Å². The molecule has 540 valence electrons. The molecule has 0 unspecified atom stereocenters. The Labute approximate surface area is 578 Å². The van der Waals surface area contributed by atoms with Gasteiger partial charge in [0.1, 0.15) is 49.4 Å². The van der Waals surface area contributed by atoms with E-state index < -0.39 is 163 Å². The molecule has 13 N–H and O–H groups in total. The molecule has 0 radical (unpaired) electrons. The summed E-state index contributed by atoms with van der Waals surface area (Å²) in [6, 6.07) is 19.5. The van der Waals surface area contributed by atoms with E-state index in [0.29, 0.717) is 17.9 Å². The number of nitrogens with two attached hydrogens (primary N) is 1. The lowest BCUT2D eigenvalue weighted by atomic mass is 9.98. The van der Waals surface area contributed by atoms with Gasteiger partial charge in [0.15, 0.2) is 0 Å². The van der Waals surface area contributed by atoms with Gasteiger partial charge in [0.05, 0.1) is 36.0 Å². The van der Waals surface area contributed by atoms with E-state index in [0.717, 1.165) is 27.9 Å². The first kappa shape index (κ1) is 79.8. The number of non-ortho nitro benzene ring substituents is 1. The highest BCUT2D eigenvalue weighted by Gasteiger charge is 2.37. The molecule has 1 aliphatic carbocycles. The third kappa shape index (κ3) is 25.2. The number of likely N-dealkylation sites (N-methyl/N-ethyl adjacent to an activating group) is 1. The van der Waals surface area contributed by atoms with Gasteiger partial charge in [-0.1, -0.05) is 90.1 Å². The van der Waals surface area contributed by atoms with Gasteiger partial charge in [-0.05, 0) is 110 Å². The first-order valence-electron chi connectivity index (χ1n) is 32.8. The fourth-order valence-electron chi connectivity index (χ4n) is 10.6. The molecular weight excluding hydrogens is 1300 g/mol. The SMILES string of the molecule is CCN(CCN(CC(=O)N[C@H](C(=O)N[C@H](C(=O)N[C@@H](CCC(=O)O)C(=O)N[C@@H](CC(C)C)C(=O)N[C@H](CCNC(=O)CCO)C(=O)N[C@@H](C)C(=O)NCC(=O)NCC(N)=O)C(C)C)C(C)C)C(=O)OCC1c2ccccc2-c2ccccc21)c1ccc(N=Nc2ccc([N+](=O)[O-])cc2)cc1. The van der Waals surface area contributed by atoms with Crippen LogP contribution in [0.5, 0.6) is 0 Å². The molecule has 0 saturated carbocycles. The smallest absolute Gasteiger partial charge is 0.410 e. The molecule has 1 aliphatic rings. The number of amides is 11. The molecule has 32 nitrogen and oxygen atoms in total. The predicted octanol–water partition coefficient (Wildman–Crippen LogP) is 2.85. The summed E-state index contributed by atoms with van der Waals surface area (Å²) in [6.07, 6.45) is -2.64. The Hall–Kier alpha value is -10.9. The second-order valence-corrected chi connectivity index (χ2v) is 24.9. The number of nitro groups is 1. The Balaban J connectivity index is 1.31. The van der Waals surface area contributed by atoms with Crippen molar-refractivity contribution < 1.29 is 77.4 Å². The number of aliphatic hydroxyl groups is 1. The van der Waals surface area contributed by atoms with Crippen LogP contribution in [-0.2, 0) is 57.5 Å². The van der Waals surface area contributed by atoms with E-state index in [2.05, 4.69) is 58.1 Å². The fourth-order valence-corrected chi connectivity index (χ4v) is 10.6. The van der Waals surface area contributed by atoms with Crippen LogP contribution in [0.1, 0.15) is 105 Å². The number of aliphatic carboxylic acids is 1. The molecule has 11 amide bonds. The maximum atomic E-state index is 14.4. The molecular formula is C68H91N15O17. The van der Waals surface area contributed by atoms with E-state index in [-0.39, 0.29) is 63.0 Å². The Kier molecular flexibility index (Phi) is 31.5. The molecule has 0 heterocycles. The second kappa shape index (κ2) is 39.5. The Morgan fingerprint density at radius 2 is 1.12 bits per heavy atom. The van der Waals surface area contributed by atoms with Gasteiger partial charge in [0, 0.05) is 62.8 Å². The van der Waals surface area contributed by atoms with Gasteiger partial charge in [-0.3, -0.25) is 67.8 Å². The van der Waals surface area contributed by atoms with Crippen molar-refractivity contribution >= 4 is 93.9 Å². The number of ether oxygens (including phenoxy) is 1. The molecule has 6 atom stereocenters. The number of azo groups is 1. The molecule has 4 aromatic carbocycles. The highest BCUT2D eigenvalue weighted by atomic mass is 16.6. The highest BCUT2D eigenvalue weighted by molar-refractivity contribution is 5.98. The zero-order valence-electron chi connectivity index (χ0n) is 57.2. The number of hydrogen-bond acceptors (Lipinski definition) is 19. The molecule has 0 bridgehead atoms. The number of primary amides is 1. The van der Waals surface area contributed by atoms with Crippen molar-refractivity contribution in [3.05, 3.63) is 118 Å². The van der Waals surface area contributed by atoms with Crippen molar-refractivity contribution in [1.29, 1.82) is 0 Å². The van der Waals surface area contributed by atoms with Crippen LogP contribution >= 0.6 is 0 Å². The second-order valence-electron chi connectivity index (χ2n) is 24.9. The lowest BCUT2D eigenvalue weighted by Crippen LogP contribution is -2.61. The van der Waals surface area contributed by atoms with Crippen LogP contribution in [0.25, 0.3) is 11.1 Å². The Morgan fingerprint density at radius 3 is 1.67 bits per heavy atom. The molecule has 100 heavy (non-hydrogen) atoms. The Morgan fingerprint density at radius 1 is 0.590 bits per heavy atom. The third-order valence-corrected chi connectivity index (χ3v) is 16.0. The summed E-state index contributed by atoms with van der Waals surface area (Å²) >= 11 is 0. The summed E-state index contributed by atoms with van der Waals surface area (Å²) in [6.45, 7) is 11.2. The molecule has 0 fully saturated rings. The van der Waals surface area contributed by atoms with Crippen LogP contribution in [0.15, 0.2) is 107 Å². The molecule has 0 saturated heterocycles. The summed E-state index contributed by atoms with van der Waals surface area (Å²) in [5, 5.41) is 60.9. The minimum atomic E-state index is -1.65. The summed E-state index contributed by atoms with van der Waals surface area (Å²) in [7, 11) is 0. The standard InChI is InChI=1S/C68H91N15O17/c1-9-81(45-22-18-43(19-23-45)79-80-44-20-24-46(25-21-44)83(98)99)31-32-82(68(97)100-38-51-49-16-12-10-14-47(49)48-15-11-13-17-50(48)51)37-58(88)77-60(40(4)5)67(96)78-61(41(6)7)66(95)75-52(26-27-59(89)90)64(93)76-54(34-39(2)3)65(94)74-53(28-30-70-56(86)29-33-84)63(92)73-42(8)62(91)72-36-57(87)71-35-55(69)85/h10-25,39-42,51-54,60-61,84H,9,26-38H2,1-8H3,(H2,69,85)(H,70,86)(H,71,87)(H,72,91)(H,73,92)(H,74,94)(H,75,95)(H,76,93)(H,77,88)(H,78,96)(H,89,90)/t42-,52-,53+,54-,60-,61-/m0/s1. The number of benzene rings is 4. The molecule has 0 aliphatic heterocycles. The van der Waals surface area contributed by atoms with Gasteiger partial charge in [-0.15, -0.1) is 0 Å². The monoisotopic (exact) mass is 1390 g/mol. The number of anilines is 1. The van der Waals surface area contributed by atoms with E-state index in [9.17, 15) is 77.9 Å². The average Bonchev–Trinajstić information content (AvgIpc) is 1.62. The largest absolute Gasteiger partial charge is 0.481 e. The summed E-state index contributed by atoms with van der Waals surface area (Å²) in [5.41, 5.74) is 10.5. The lowest BCUT2D eigenvalue weighted by molar-refractivity contribution is -0.384. The maximum Gasteiger partial charge on any atom is 0.410 e. The topological polar surface area (TPSA) is 463 Å². The third-order valence-electron chi connectivity index (χ3n) is 16.0. The normalized spacial score (nSPS) is 13.4. The number of nitrogens with zero attached hydrogens (tertiary/aromatic N) is 5. The number of carbonyl (C=O) groups excluding carboxylic acids is 11. The number of rotatable bonds is 40. The number of nitro benzene ring substituents is 1. The number of nitrogens with one attached hydrogen (secondary N) is 9. The van der Waals surface area contributed by atoms with Crippen LogP contribution in [0.2, 0.25) is 0 Å². The van der Waals surface area contributed by atoms with E-state index in [4.69, 9.17) is 10.5 Å². The molecule has 32 heteroatoms. The van der Waals surface area contributed by atoms with Crippen molar-refractivity contribution in [2.45, 2.75) is 130 Å². The van der Waals surface area contributed by atoms with E-state index >= 15 is 0 Å². The fraction of sp³-hybridized carbons (Fsp3) is 0.471. The number of hydrogen-bond donors (Lipinski definition) is 12. The van der Waals surface area contributed by atoms with Crippen molar-refractivity contribution in [3.8, 4) is 11.1 Å². The van der Waals surface area contributed by atoms with Crippen LogP contribution < -0.4 is 58.5 Å². The van der Waals surface area contributed by atoms with Crippen molar-refractivity contribution in [2.24, 2.45) is 33.7 Å². The summed E-state index contributed by atoms with van der Waals surface area (Å²) in [4.78, 5) is 174. The van der Waals surface area contributed by atoms with Gasteiger partial charge in [0.2, 0.25) is 59.1 Å². The van der Waals surface area contributed by atoms with Gasteiger partial charge in [-0.2, -0.15) is 10.2 Å². The van der Waals surface area contributed by atoms with Crippen LogP contribution in [0.3, 0.4) is 0 Å². The van der Waals surface area contributed by atoms with Crippen molar-refractivity contribution in [1.82, 2.24) is 52.8 Å². The first-order chi connectivity index (χ1) is 47.5. The highest BCUT2D eigenvalue weighted by Crippen LogP contribution is 2.44. The first-order valence-corrected chi connectivity index (χ1v) is 32.8. The molecule has 0 aromatic heterocycles. The van der Waals surface area contributed by atoms with Gasteiger partial charge in [-0.25, -0.2) is 4.79 Å². The van der Waals surface area contributed by atoms with Crippen LogP contribution in [-0.4, -0.2) is 186 Å². The van der Waals surface area contributed by atoms with Crippen LogP contribution in [0, 0.1) is 27.9 Å². The number of carboxylic acids is 1. The number of fused-ring (bicyclic) bond motifs is 3. The van der Waals surface area contributed by atoms with Gasteiger partial charge in [0.25, 0.3) is 5.69 Å². The summed E-state index contributed by atoms with van der Waals surface area (Å²) in [5.74, 6) is -11.8. The molecule has 5 rings (SSSR count). The zero-order valence-corrected chi connectivity index (χ0v) is 57.2. The number of carbonyl (C=O) groups is 12. The minimum Gasteiger partial charge on any atom is -0.481 e. The number of carboxylic acid groups (broad SMARTS) is 1. The maximum absolute atomic E-state index is 14.4. The zero-order chi connectivity index (χ0) is 73.8. The van der Waals surface area contributed by atoms with E-state index in [1.807, 2.05) is 60.4 Å².